The summed E-state index contributed by atoms with van der Waals surface area (Å²) in [5, 5.41) is 4.44. The molecular weight excluding hydrogens is 387 g/mol. The third-order valence-electron chi connectivity index (χ3n) is 2.52. The van der Waals surface area contributed by atoms with E-state index in [1.54, 1.807) is 4.68 Å². The first-order chi connectivity index (χ1) is 8.41. The molecule has 0 spiro atoms. The number of rotatable bonds is 2. The van der Waals surface area contributed by atoms with Crippen LogP contribution in [0.5, 0.6) is 0 Å². The van der Waals surface area contributed by atoms with E-state index in [1.807, 2.05) is 14.0 Å². The lowest BCUT2D eigenvalue weighted by Gasteiger charge is -2.07. The lowest BCUT2D eigenvalue weighted by molar-refractivity contribution is 0.640. The van der Waals surface area contributed by atoms with Crippen molar-refractivity contribution in [2.45, 2.75) is 13.5 Å². The molecule has 2 aromatic rings. The maximum absolute atomic E-state index is 12.0. The van der Waals surface area contributed by atoms with Gasteiger partial charge in [-0.1, -0.05) is 11.6 Å². The Labute approximate surface area is 125 Å². The predicted octanol–water partition coefficient (Wildman–Crippen LogP) is 2.51. The van der Waals surface area contributed by atoms with Crippen LogP contribution in [-0.2, 0) is 13.6 Å². The Bertz CT molecular complexity index is 665. The van der Waals surface area contributed by atoms with Crippen molar-refractivity contribution in [3.8, 4) is 0 Å². The molecule has 96 valence electrons. The average Bonchev–Trinajstić information content (AvgIpc) is 2.56. The van der Waals surface area contributed by atoms with Gasteiger partial charge in [0.05, 0.1) is 28.7 Å². The minimum Gasteiger partial charge on any atom is -0.292 e. The Hall–Kier alpha value is -0.660. The molecule has 0 radical (unpaired) electrons. The number of aryl methyl sites for hydroxylation is 2. The predicted molar refractivity (Wildman–Crippen MR) is 76.0 cm³/mol. The van der Waals surface area contributed by atoms with Gasteiger partial charge in [-0.25, -0.2) is 4.98 Å². The maximum Gasteiger partial charge on any atom is 0.269 e. The molecule has 2 aromatic heterocycles. The van der Waals surface area contributed by atoms with Crippen LogP contribution in [0.3, 0.4) is 0 Å². The molecule has 0 aliphatic rings. The van der Waals surface area contributed by atoms with Crippen LogP contribution < -0.4 is 5.56 Å². The van der Waals surface area contributed by atoms with Crippen molar-refractivity contribution in [1.82, 2.24) is 19.3 Å². The fourth-order valence-electron chi connectivity index (χ4n) is 1.57. The molecule has 0 fully saturated rings. The first-order valence-corrected chi connectivity index (χ1v) is 6.96. The minimum absolute atomic E-state index is 0.163. The smallest absolute Gasteiger partial charge is 0.269 e. The molecule has 2 heterocycles. The van der Waals surface area contributed by atoms with E-state index >= 15 is 0 Å². The van der Waals surface area contributed by atoms with E-state index in [1.165, 1.54) is 10.9 Å². The van der Waals surface area contributed by atoms with E-state index in [0.29, 0.717) is 6.54 Å². The zero-order valence-corrected chi connectivity index (χ0v) is 13.5. The van der Waals surface area contributed by atoms with E-state index < -0.39 is 0 Å². The minimum atomic E-state index is -0.222. The number of hydrogen-bond acceptors (Lipinski definition) is 3. The van der Waals surface area contributed by atoms with Crippen molar-refractivity contribution < 1.29 is 0 Å². The highest BCUT2D eigenvalue weighted by Crippen LogP contribution is 2.21. The van der Waals surface area contributed by atoms with E-state index in [0.717, 1.165) is 15.9 Å². The van der Waals surface area contributed by atoms with Crippen LogP contribution in [0.25, 0.3) is 0 Å². The largest absolute Gasteiger partial charge is 0.292 e. The highest BCUT2D eigenvalue weighted by atomic mass is 79.9. The summed E-state index contributed by atoms with van der Waals surface area (Å²) in [5.74, 6) is 0. The van der Waals surface area contributed by atoms with Crippen LogP contribution in [0, 0.1) is 6.92 Å². The second-order valence-electron chi connectivity index (χ2n) is 3.75. The second-order valence-corrected chi connectivity index (χ2v) is 5.70. The standard InChI is InChI=1S/C10H9Br2ClN4O/c1-5-7(11)6(16(2)15-5)3-17-4-14-9(13)8(12)10(17)18/h4H,3H2,1-2H3. The van der Waals surface area contributed by atoms with Crippen LogP contribution in [0.2, 0.25) is 5.15 Å². The number of nitrogens with zero attached hydrogens (tertiary/aromatic N) is 4. The molecule has 5 nitrogen and oxygen atoms in total. The van der Waals surface area contributed by atoms with Gasteiger partial charge in [-0.3, -0.25) is 14.0 Å². The first kappa shape index (κ1) is 13.8. The Morgan fingerprint density at radius 1 is 1.39 bits per heavy atom. The zero-order valence-electron chi connectivity index (χ0n) is 9.62. The Morgan fingerprint density at radius 2 is 2.06 bits per heavy atom. The quantitative estimate of drug-likeness (QED) is 0.733. The van der Waals surface area contributed by atoms with Gasteiger partial charge in [0.1, 0.15) is 4.47 Å². The van der Waals surface area contributed by atoms with Crippen molar-refractivity contribution in [3.63, 3.8) is 0 Å². The number of hydrogen-bond donors (Lipinski definition) is 0. The summed E-state index contributed by atoms with van der Waals surface area (Å²) in [4.78, 5) is 15.9. The molecule has 8 heteroatoms. The summed E-state index contributed by atoms with van der Waals surface area (Å²) in [6.45, 7) is 2.27. The average molecular weight is 396 g/mol. The molecule has 0 N–H and O–H groups in total. The molecule has 0 amide bonds. The van der Waals surface area contributed by atoms with Crippen LogP contribution >= 0.6 is 43.5 Å². The summed E-state index contributed by atoms with van der Waals surface area (Å²) in [5.41, 5.74) is 1.55. The number of halogens is 3. The lowest BCUT2D eigenvalue weighted by atomic mass is 10.3. The van der Waals surface area contributed by atoms with Gasteiger partial charge in [0.15, 0.2) is 5.15 Å². The van der Waals surface area contributed by atoms with Crippen LogP contribution in [-0.4, -0.2) is 19.3 Å². The molecule has 0 saturated heterocycles. The topological polar surface area (TPSA) is 52.7 Å². The second kappa shape index (κ2) is 5.14. The van der Waals surface area contributed by atoms with Gasteiger partial charge in [-0.15, -0.1) is 0 Å². The van der Waals surface area contributed by atoms with E-state index in [-0.39, 0.29) is 15.2 Å². The highest BCUT2D eigenvalue weighted by molar-refractivity contribution is 9.10. The lowest BCUT2D eigenvalue weighted by Crippen LogP contribution is -2.23. The van der Waals surface area contributed by atoms with Gasteiger partial charge in [0.25, 0.3) is 5.56 Å². The Balaban J connectivity index is 2.47. The molecule has 2 rings (SSSR count). The van der Waals surface area contributed by atoms with Gasteiger partial charge in [-0.2, -0.15) is 5.10 Å². The summed E-state index contributed by atoms with van der Waals surface area (Å²) < 4.78 is 4.36. The van der Waals surface area contributed by atoms with Gasteiger partial charge < -0.3 is 0 Å². The summed E-state index contributed by atoms with van der Waals surface area (Å²) in [6, 6.07) is 0. The molecule has 0 aliphatic heterocycles. The molecule has 0 aliphatic carbocycles. The highest BCUT2D eigenvalue weighted by Gasteiger charge is 2.13. The van der Waals surface area contributed by atoms with Crippen molar-refractivity contribution >= 4 is 43.5 Å². The van der Waals surface area contributed by atoms with E-state index in [2.05, 4.69) is 41.9 Å². The fraction of sp³-hybridized carbons (Fsp3) is 0.300. The molecule has 0 bridgehead atoms. The third-order valence-corrected chi connectivity index (χ3v) is 4.78. The van der Waals surface area contributed by atoms with Gasteiger partial charge in [-0.05, 0) is 38.8 Å². The first-order valence-electron chi connectivity index (χ1n) is 5.00. The summed E-state index contributed by atoms with van der Waals surface area (Å²) >= 11 is 12.3. The number of aromatic nitrogens is 4. The maximum atomic E-state index is 12.0. The molecule has 18 heavy (non-hydrogen) atoms. The van der Waals surface area contributed by atoms with E-state index in [4.69, 9.17) is 11.6 Å². The van der Waals surface area contributed by atoms with Crippen LogP contribution in [0.4, 0.5) is 0 Å². The van der Waals surface area contributed by atoms with Crippen molar-refractivity contribution in [2.24, 2.45) is 7.05 Å². The summed E-state index contributed by atoms with van der Waals surface area (Å²) in [7, 11) is 1.83. The van der Waals surface area contributed by atoms with Crippen LogP contribution in [0.15, 0.2) is 20.1 Å². The monoisotopic (exact) mass is 394 g/mol. The third kappa shape index (κ3) is 2.39. The summed E-state index contributed by atoms with van der Waals surface area (Å²) in [6.07, 6.45) is 1.42. The molecule has 0 aromatic carbocycles. The van der Waals surface area contributed by atoms with Crippen LogP contribution in [0.1, 0.15) is 11.4 Å². The Kier molecular flexibility index (Phi) is 3.93. The Morgan fingerprint density at radius 3 is 2.61 bits per heavy atom. The zero-order chi connectivity index (χ0) is 13.4. The van der Waals surface area contributed by atoms with Crippen molar-refractivity contribution in [2.75, 3.05) is 0 Å². The van der Waals surface area contributed by atoms with Gasteiger partial charge >= 0.3 is 0 Å². The molecule has 0 saturated carbocycles. The molecular formula is C10H9Br2ClN4O. The van der Waals surface area contributed by atoms with E-state index in [9.17, 15) is 4.79 Å². The fourth-order valence-corrected chi connectivity index (χ4v) is 2.49. The van der Waals surface area contributed by atoms with Crippen molar-refractivity contribution in [3.05, 3.63) is 42.2 Å². The van der Waals surface area contributed by atoms with Crippen molar-refractivity contribution in [1.29, 1.82) is 0 Å². The van der Waals surface area contributed by atoms with Gasteiger partial charge in [0, 0.05) is 7.05 Å². The molecule has 0 unspecified atom stereocenters. The molecule has 0 atom stereocenters. The SMILES string of the molecule is Cc1nn(C)c(Cn2cnc(Cl)c(Br)c2=O)c1Br. The normalized spacial score (nSPS) is 10.9. The van der Waals surface area contributed by atoms with Gasteiger partial charge in [0.2, 0.25) is 0 Å².